The number of rotatable bonds is 6. The van der Waals surface area contributed by atoms with Crippen molar-refractivity contribution in [3.63, 3.8) is 0 Å². The van der Waals surface area contributed by atoms with Crippen molar-refractivity contribution in [1.29, 1.82) is 0 Å². The van der Waals surface area contributed by atoms with E-state index in [9.17, 15) is 9.59 Å². The van der Waals surface area contributed by atoms with Gasteiger partial charge in [0.05, 0.1) is 5.52 Å². The Morgan fingerprint density at radius 2 is 1.55 bits per heavy atom. The van der Waals surface area contributed by atoms with Gasteiger partial charge in [-0.25, -0.2) is 24.7 Å². The van der Waals surface area contributed by atoms with Gasteiger partial charge < -0.3 is 25.8 Å². The van der Waals surface area contributed by atoms with E-state index in [1.807, 2.05) is 72.0 Å². The summed E-state index contributed by atoms with van der Waals surface area (Å²) >= 11 is 0. The SMILES string of the molecule is CC(=O)N(c1ccc(-c2cnc(N3CCN(C(N)=O)CC3)nc2)cc1)C1CCC(Nc2ncc3ccccc3n2)CC1. The molecule has 2 aromatic heterocycles. The van der Waals surface area contributed by atoms with Crippen LogP contribution in [0.25, 0.3) is 22.0 Å². The second-order valence-electron chi connectivity index (χ2n) is 10.9. The summed E-state index contributed by atoms with van der Waals surface area (Å²) in [7, 11) is 0. The van der Waals surface area contributed by atoms with Gasteiger partial charge in [-0.3, -0.25) is 4.79 Å². The molecule has 2 aromatic carbocycles. The van der Waals surface area contributed by atoms with Crippen LogP contribution in [0.3, 0.4) is 0 Å². The average molecular weight is 566 g/mol. The topological polar surface area (TPSA) is 133 Å². The molecule has 4 aromatic rings. The normalized spacial score (nSPS) is 19.0. The first-order chi connectivity index (χ1) is 20.4. The van der Waals surface area contributed by atoms with E-state index in [-0.39, 0.29) is 18.0 Å². The number of carbonyl (C=O) groups excluding carboxylic acids is 2. The molecule has 3 N–H and O–H groups in total. The molecule has 1 aliphatic heterocycles. The Bertz CT molecular complexity index is 1550. The van der Waals surface area contributed by atoms with E-state index >= 15 is 0 Å². The lowest BCUT2D eigenvalue weighted by molar-refractivity contribution is -0.117. The fraction of sp³-hybridized carbons (Fsp3) is 0.355. The van der Waals surface area contributed by atoms with E-state index in [2.05, 4.69) is 30.2 Å². The largest absolute Gasteiger partial charge is 0.351 e. The van der Waals surface area contributed by atoms with Crippen LogP contribution in [-0.2, 0) is 4.79 Å². The molecule has 11 nitrogen and oxygen atoms in total. The van der Waals surface area contributed by atoms with E-state index in [0.29, 0.717) is 38.1 Å². The molecule has 0 atom stereocenters. The van der Waals surface area contributed by atoms with Crippen LogP contribution in [0.4, 0.5) is 22.4 Å². The average Bonchev–Trinajstić information content (AvgIpc) is 3.02. The Hall–Kier alpha value is -4.80. The van der Waals surface area contributed by atoms with Gasteiger partial charge in [-0.05, 0) is 49.4 Å². The van der Waals surface area contributed by atoms with Crippen molar-refractivity contribution in [1.82, 2.24) is 24.8 Å². The third-order valence-corrected chi connectivity index (χ3v) is 8.21. The summed E-state index contributed by atoms with van der Waals surface area (Å²) in [6, 6.07) is 16.0. The second kappa shape index (κ2) is 12.0. The number of piperazine rings is 1. The summed E-state index contributed by atoms with van der Waals surface area (Å²) < 4.78 is 0. The Morgan fingerprint density at radius 3 is 2.21 bits per heavy atom. The lowest BCUT2D eigenvalue weighted by Gasteiger charge is -2.36. The number of benzene rings is 2. The Kier molecular flexibility index (Phi) is 7.81. The van der Waals surface area contributed by atoms with Crippen LogP contribution in [0.15, 0.2) is 67.1 Å². The zero-order chi connectivity index (χ0) is 29.1. The van der Waals surface area contributed by atoms with Crippen LogP contribution in [0.5, 0.6) is 0 Å². The summed E-state index contributed by atoms with van der Waals surface area (Å²) in [5.41, 5.74) is 9.08. The predicted molar refractivity (Wildman–Crippen MR) is 163 cm³/mol. The zero-order valence-electron chi connectivity index (χ0n) is 23.7. The first kappa shape index (κ1) is 27.4. The van der Waals surface area contributed by atoms with E-state index in [1.54, 1.807) is 11.8 Å². The molecule has 11 heteroatoms. The molecule has 6 rings (SSSR count). The van der Waals surface area contributed by atoms with Crippen LogP contribution in [0.1, 0.15) is 32.6 Å². The van der Waals surface area contributed by atoms with Crippen molar-refractivity contribution in [3.05, 3.63) is 67.1 Å². The highest BCUT2D eigenvalue weighted by Gasteiger charge is 2.29. The Labute approximate surface area is 244 Å². The number of aromatic nitrogens is 4. The molecule has 2 fully saturated rings. The molecule has 0 bridgehead atoms. The molecule has 3 amide bonds. The number of urea groups is 1. The van der Waals surface area contributed by atoms with Gasteiger partial charge in [0.2, 0.25) is 17.8 Å². The van der Waals surface area contributed by atoms with E-state index in [0.717, 1.165) is 53.4 Å². The minimum atomic E-state index is -0.394. The van der Waals surface area contributed by atoms with Crippen molar-refractivity contribution in [2.24, 2.45) is 5.73 Å². The number of anilines is 3. The molecule has 1 saturated heterocycles. The monoisotopic (exact) mass is 565 g/mol. The van der Waals surface area contributed by atoms with Gasteiger partial charge in [-0.1, -0.05) is 30.3 Å². The molecule has 1 saturated carbocycles. The van der Waals surface area contributed by atoms with Crippen molar-refractivity contribution < 1.29 is 9.59 Å². The summed E-state index contributed by atoms with van der Waals surface area (Å²) in [5, 5.41) is 4.52. The van der Waals surface area contributed by atoms with Gasteiger partial charge >= 0.3 is 6.03 Å². The highest BCUT2D eigenvalue weighted by molar-refractivity contribution is 5.92. The van der Waals surface area contributed by atoms with E-state index < -0.39 is 6.03 Å². The van der Waals surface area contributed by atoms with Crippen molar-refractivity contribution in [2.75, 3.05) is 41.3 Å². The number of nitrogens with one attached hydrogen (secondary N) is 1. The molecule has 3 heterocycles. The molecule has 0 unspecified atom stereocenters. The third kappa shape index (κ3) is 5.95. The number of nitrogens with zero attached hydrogens (tertiary/aromatic N) is 7. The van der Waals surface area contributed by atoms with Crippen LogP contribution < -0.4 is 20.9 Å². The number of hydrogen-bond donors (Lipinski definition) is 2. The fourth-order valence-electron chi connectivity index (χ4n) is 5.93. The number of nitrogens with two attached hydrogens (primary N) is 1. The van der Waals surface area contributed by atoms with Gasteiger partial charge in [-0.2, -0.15) is 0 Å². The molecular formula is C31H35N9O2. The number of amides is 3. The number of fused-ring (bicyclic) bond motifs is 1. The minimum absolute atomic E-state index is 0.0427. The molecule has 42 heavy (non-hydrogen) atoms. The van der Waals surface area contributed by atoms with Gasteiger partial charge in [0, 0.05) is 80.4 Å². The lowest BCUT2D eigenvalue weighted by Crippen LogP contribution is -2.50. The van der Waals surface area contributed by atoms with Crippen LogP contribution in [0, 0.1) is 0 Å². The molecule has 1 aliphatic carbocycles. The molecule has 216 valence electrons. The number of carbonyl (C=O) groups is 2. The highest BCUT2D eigenvalue weighted by Crippen LogP contribution is 2.31. The summed E-state index contributed by atoms with van der Waals surface area (Å²) in [5.74, 6) is 1.33. The predicted octanol–water partition coefficient (Wildman–Crippen LogP) is 4.06. The van der Waals surface area contributed by atoms with Crippen molar-refractivity contribution in [3.8, 4) is 11.1 Å². The third-order valence-electron chi connectivity index (χ3n) is 8.21. The maximum absolute atomic E-state index is 12.8. The summed E-state index contributed by atoms with van der Waals surface area (Å²) in [6.07, 6.45) is 9.15. The quantitative estimate of drug-likeness (QED) is 0.358. The maximum Gasteiger partial charge on any atom is 0.314 e. The van der Waals surface area contributed by atoms with Crippen molar-refractivity contribution in [2.45, 2.75) is 44.7 Å². The Morgan fingerprint density at radius 1 is 0.857 bits per heavy atom. The van der Waals surface area contributed by atoms with E-state index in [1.165, 1.54) is 0 Å². The van der Waals surface area contributed by atoms with Gasteiger partial charge in [0.1, 0.15) is 0 Å². The smallest absolute Gasteiger partial charge is 0.314 e. The lowest BCUT2D eigenvalue weighted by atomic mass is 9.89. The molecule has 0 spiro atoms. The first-order valence-electron chi connectivity index (χ1n) is 14.4. The number of para-hydroxylation sites is 1. The summed E-state index contributed by atoms with van der Waals surface area (Å²) in [4.78, 5) is 48.0. The standard InChI is InChI=1S/C31H35N9O2/c1-21(41)40(27-12-8-25(9-13-27)36-30-33-18-23-4-2-3-5-28(23)37-30)26-10-6-22(7-11-26)24-19-34-31(35-20-24)39-16-14-38(15-17-39)29(32)42/h2-7,10-11,18-20,25,27H,8-9,12-17H2,1H3,(H2,32,42)(H,33,36,37). The van der Waals surface area contributed by atoms with Gasteiger partial charge in [0.15, 0.2) is 0 Å². The van der Waals surface area contributed by atoms with Gasteiger partial charge in [-0.15, -0.1) is 0 Å². The number of hydrogen-bond acceptors (Lipinski definition) is 8. The zero-order valence-corrected chi connectivity index (χ0v) is 23.7. The van der Waals surface area contributed by atoms with Crippen LogP contribution in [-0.4, -0.2) is 75.0 Å². The first-order valence-corrected chi connectivity index (χ1v) is 14.4. The fourth-order valence-corrected chi connectivity index (χ4v) is 5.93. The minimum Gasteiger partial charge on any atom is -0.351 e. The van der Waals surface area contributed by atoms with Crippen LogP contribution >= 0.6 is 0 Å². The highest BCUT2D eigenvalue weighted by atomic mass is 16.2. The Balaban J connectivity index is 1.06. The molecular weight excluding hydrogens is 530 g/mol. The van der Waals surface area contributed by atoms with Crippen molar-refractivity contribution >= 4 is 40.4 Å². The molecule has 2 aliphatic rings. The van der Waals surface area contributed by atoms with Gasteiger partial charge in [0.25, 0.3) is 0 Å². The molecule has 0 radical (unpaired) electrons. The number of primary amides is 1. The van der Waals surface area contributed by atoms with Crippen LogP contribution in [0.2, 0.25) is 0 Å². The van der Waals surface area contributed by atoms with E-state index in [4.69, 9.17) is 5.73 Å². The maximum atomic E-state index is 12.8. The summed E-state index contributed by atoms with van der Waals surface area (Å²) in [6.45, 7) is 4.05. The second-order valence-corrected chi connectivity index (χ2v) is 10.9.